The van der Waals surface area contributed by atoms with Crippen molar-refractivity contribution >= 4 is 34.9 Å². The highest BCUT2D eigenvalue weighted by molar-refractivity contribution is 6.30. The summed E-state index contributed by atoms with van der Waals surface area (Å²) in [5.74, 6) is 0. The van der Waals surface area contributed by atoms with Gasteiger partial charge in [-0.2, -0.15) is 0 Å². The van der Waals surface area contributed by atoms with Gasteiger partial charge in [0.1, 0.15) is 6.10 Å². The van der Waals surface area contributed by atoms with E-state index < -0.39 is 6.10 Å². The van der Waals surface area contributed by atoms with Crippen molar-refractivity contribution in [2.75, 3.05) is 5.32 Å². The van der Waals surface area contributed by atoms with E-state index in [2.05, 4.69) is 10.6 Å². The van der Waals surface area contributed by atoms with Crippen LogP contribution in [-0.2, 0) is 0 Å². The van der Waals surface area contributed by atoms with Crippen molar-refractivity contribution in [3.05, 3.63) is 99.0 Å². The molecule has 0 spiro atoms. The van der Waals surface area contributed by atoms with E-state index in [0.29, 0.717) is 15.7 Å². The summed E-state index contributed by atoms with van der Waals surface area (Å²) >= 11 is 12.1. The van der Waals surface area contributed by atoms with Crippen LogP contribution >= 0.6 is 23.2 Å². The van der Waals surface area contributed by atoms with Crippen molar-refractivity contribution in [1.29, 1.82) is 0 Å². The van der Waals surface area contributed by atoms with Gasteiger partial charge in [0.2, 0.25) is 0 Å². The summed E-state index contributed by atoms with van der Waals surface area (Å²) in [6.45, 7) is 0. The van der Waals surface area contributed by atoms with Gasteiger partial charge in [-0.3, -0.25) is 0 Å². The van der Waals surface area contributed by atoms with E-state index in [9.17, 15) is 9.90 Å². The standard InChI is InChI=1S/C21H16Cl2N2O2/c22-15-7-4-12(5-8-15)20(26)14-6-9-18-17(11-14)19(25-21(27)24-18)13-2-1-3-16(23)10-13/h1-11,19-20,26H,(H2,24,25,27). The molecule has 6 heteroatoms. The second-order valence-electron chi connectivity index (χ2n) is 6.39. The second-order valence-corrected chi connectivity index (χ2v) is 7.26. The van der Waals surface area contributed by atoms with Crippen LogP contribution in [0, 0.1) is 0 Å². The Morgan fingerprint density at radius 3 is 2.37 bits per heavy atom. The Morgan fingerprint density at radius 2 is 1.63 bits per heavy atom. The normalized spacial score (nSPS) is 16.9. The zero-order chi connectivity index (χ0) is 19.0. The number of aliphatic hydroxyl groups excluding tert-OH is 1. The van der Waals surface area contributed by atoms with Crippen LogP contribution in [0.4, 0.5) is 10.5 Å². The lowest BCUT2D eigenvalue weighted by atomic mass is 9.91. The molecule has 0 radical (unpaired) electrons. The number of carbonyl (C=O) groups is 1. The van der Waals surface area contributed by atoms with Crippen molar-refractivity contribution in [3.8, 4) is 0 Å². The summed E-state index contributed by atoms with van der Waals surface area (Å²) < 4.78 is 0. The van der Waals surface area contributed by atoms with E-state index in [4.69, 9.17) is 23.2 Å². The fourth-order valence-electron chi connectivity index (χ4n) is 3.26. The lowest BCUT2D eigenvalue weighted by Gasteiger charge is -2.29. The first kappa shape index (κ1) is 17.9. The molecule has 27 heavy (non-hydrogen) atoms. The van der Waals surface area contributed by atoms with Crippen LogP contribution in [0.5, 0.6) is 0 Å². The van der Waals surface area contributed by atoms with Gasteiger partial charge in [-0.1, -0.05) is 53.5 Å². The van der Waals surface area contributed by atoms with Gasteiger partial charge in [-0.15, -0.1) is 0 Å². The van der Waals surface area contributed by atoms with Crippen LogP contribution in [0.1, 0.15) is 34.4 Å². The SMILES string of the molecule is O=C1Nc2ccc(C(O)c3ccc(Cl)cc3)cc2C(c2cccc(Cl)c2)N1. The van der Waals surface area contributed by atoms with Crippen LogP contribution in [0.15, 0.2) is 66.7 Å². The number of fused-ring (bicyclic) bond motifs is 1. The lowest BCUT2D eigenvalue weighted by Crippen LogP contribution is -2.38. The van der Waals surface area contributed by atoms with Crippen LogP contribution in [0.3, 0.4) is 0 Å². The summed E-state index contributed by atoms with van der Waals surface area (Å²) in [7, 11) is 0. The smallest absolute Gasteiger partial charge is 0.320 e. The molecule has 1 aliphatic rings. The summed E-state index contributed by atoms with van der Waals surface area (Å²) in [5, 5.41) is 17.7. The minimum Gasteiger partial charge on any atom is -0.384 e. The second kappa shape index (κ2) is 7.24. The molecular weight excluding hydrogens is 383 g/mol. The average molecular weight is 399 g/mol. The Balaban J connectivity index is 1.75. The van der Waals surface area contributed by atoms with Crippen LogP contribution in [0.2, 0.25) is 10.0 Å². The quantitative estimate of drug-likeness (QED) is 0.560. The number of aliphatic hydroxyl groups is 1. The molecule has 4 nitrogen and oxygen atoms in total. The minimum absolute atomic E-state index is 0.279. The highest BCUT2D eigenvalue weighted by Gasteiger charge is 2.27. The van der Waals surface area contributed by atoms with Gasteiger partial charge < -0.3 is 15.7 Å². The van der Waals surface area contributed by atoms with E-state index in [1.807, 2.05) is 24.3 Å². The van der Waals surface area contributed by atoms with Gasteiger partial charge in [0.15, 0.2) is 0 Å². The number of hydrogen-bond acceptors (Lipinski definition) is 2. The Hall–Kier alpha value is -2.53. The van der Waals surface area contributed by atoms with Gasteiger partial charge in [-0.05, 0) is 53.1 Å². The Labute approximate surface area is 166 Å². The number of anilines is 1. The number of nitrogens with one attached hydrogen (secondary N) is 2. The molecule has 0 saturated carbocycles. The van der Waals surface area contributed by atoms with E-state index in [1.165, 1.54) is 0 Å². The molecule has 1 aliphatic heterocycles. The molecule has 2 unspecified atom stereocenters. The molecule has 3 aromatic rings. The zero-order valence-electron chi connectivity index (χ0n) is 14.1. The first-order chi connectivity index (χ1) is 13.0. The number of carbonyl (C=O) groups excluding carboxylic acids is 1. The van der Waals surface area contributed by atoms with E-state index in [0.717, 1.165) is 22.3 Å². The molecule has 0 bridgehead atoms. The molecule has 4 rings (SSSR count). The zero-order valence-corrected chi connectivity index (χ0v) is 15.6. The van der Waals surface area contributed by atoms with E-state index in [-0.39, 0.29) is 12.1 Å². The molecule has 0 fully saturated rings. The third kappa shape index (κ3) is 3.65. The third-order valence-electron chi connectivity index (χ3n) is 4.59. The van der Waals surface area contributed by atoms with Crippen molar-refractivity contribution in [2.24, 2.45) is 0 Å². The highest BCUT2D eigenvalue weighted by Crippen LogP contribution is 2.35. The number of hydrogen-bond donors (Lipinski definition) is 3. The van der Waals surface area contributed by atoms with Crippen LogP contribution < -0.4 is 10.6 Å². The van der Waals surface area contributed by atoms with Gasteiger partial charge in [0, 0.05) is 21.3 Å². The Morgan fingerprint density at radius 1 is 0.889 bits per heavy atom. The topological polar surface area (TPSA) is 61.4 Å². The number of halogens is 2. The first-order valence-electron chi connectivity index (χ1n) is 8.41. The molecule has 1 heterocycles. The summed E-state index contributed by atoms with van der Waals surface area (Å²) in [6, 6.07) is 19.3. The fourth-order valence-corrected chi connectivity index (χ4v) is 3.58. The number of amides is 2. The number of benzene rings is 3. The van der Waals surface area contributed by atoms with Crippen molar-refractivity contribution in [2.45, 2.75) is 12.1 Å². The van der Waals surface area contributed by atoms with Crippen molar-refractivity contribution < 1.29 is 9.90 Å². The molecule has 0 aromatic heterocycles. The maximum Gasteiger partial charge on any atom is 0.320 e. The van der Waals surface area contributed by atoms with E-state index >= 15 is 0 Å². The summed E-state index contributed by atoms with van der Waals surface area (Å²) in [4.78, 5) is 12.0. The molecule has 136 valence electrons. The molecule has 0 aliphatic carbocycles. The largest absolute Gasteiger partial charge is 0.384 e. The minimum atomic E-state index is -0.801. The van der Waals surface area contributed by atoms with Gasteiger partial charge in [0.25, 0.3) is 0 Å². The predicted molar refractivity (Wildman–Crippen MR) is 107 cm³/mol. The number of rotatable bonds is 3. The molecule has 3 aromatic carbocycles. The average Bonchev–Trinajstić information content (AvgIpc) is 2.67. The monoisotopic (exact) mass is 398 g/mol. The molecule has 0 saturated heterocycles. The van der Waals surface area contributed by atoms with Crippen molar-refractivity contribution in [1.82, 2.24) is 5.32 Å². The maximum absolute atomic E-state index is 12.0. The summed E-state index contributed by atoms with van der Waals surface area (Å²) in [6.07, 6.45) is -0.801. The van der Waals surface area contributed by atoms with Crippen LogP contribution in [-0.4, -0.2) is 11.1 Å². The van der Waals surface area contributed by atoms with Crippen molar-refractivity contribution in [3.63, 3.8) is 0 Å². The first-order valence-corrected chi connectivity index (χ1v) is 9.17. The molecule has 2 amide bonds. The summed E-state index contributed by atoms with van der Waals surface area (Å²) in [5.41, 5.74) is 3.91. The molecule has 3 N–H and O–H groups in total. The Bertz CT molecular complexity index is 1010. The fraction of sp³-hybridized carbons (Fsp3) is 0.0952. The predicted octanol–water partition coefficient (Wildman–Crippen LogP) is 5.30. The van der Waals surface area contributed by atoms with Gasteiger partial charge >= 0.3 is 6.03 Å². The third-order valence-corrected chi connectivity index (χ3v) is 5.08. The van der Waals surface area contributed by atoms with Crippen LogP contribution in [0.25, 0.3) is 0 Å². The van der Waals surface area contributed by atoms with E-state index in [1.54, 1.807) is 42.5 Å². The van der Waals surface area contributed by atoms with Gasteiger partial charge in [0.05, 0.1) is 6.04 Å². The highest BCUT2D eigenvalue weighted by atomic mass is 35.5. The van der Waals surface area contributed by atoms with Gasteiger partial charge in [-0.25, -0.2) is 4.79 Å². The lowest BCUT2D eigenvalue weighted by molar-refractivity contribution is 0.220. The Kier molecular flexibility index (Phi) is 4.79. The molecular formula is C21H16Cl2N2O2. The molecule has 2 atom stereocenters. The maximum atomic E-state index is 12.0. The number of urea groups is 1.